The van der Waals surface area contributed by atoms with Gasteiger partial charge in [0, 0.05) is 57.3 Å². The zero-order chi connectivity index (χ0) is 20.3. The van der Waals surface area contributed by atoms with E-state index < -0.39 is 27.2 Å². The van der Waals surface area contributed by atoms with E-state index in [1.54, 1.807) is 19.2 Å². The third kappa shape index (κ3) is 5.85. The van der Waals surface area contributed by atoms with Gasteiger partial charge in [0.05, 0.1) is 24.1 Å². The average molecular weight is 653 g/mol. The van der Waals surface area contributed by atoms with Crippen LogP contribution in [0.2, 0.25) is 0 Å². The molecule has 4 unspecified atom stereocenters. The smallest absolute Gasteiger partial charge is 0.275 e. The molecule has 10 nitrogen and oxygen atoms in total. The van der Waals surface area contributed by atoms with Gasteiger partial charge in [-0.3, -0.25) is 9.48 Å². The van der Waals surface area contributed by atoms with E-state index in [2.05, 4.69) is 15.5 Å². The molecule has 3 N–H and O–H groups in total. The molecule has 1 saturated carbocycles. The molecule has 0 aliphatic heterocycles. The molecule has 0 aromatic carbocycles. The Kier molecular flexibility index (Phi) is 9.22. The van der Waals surface area contributed by atoms with Crippen LogP contribution in [-0.4, -0.2) is 54.9 Å². The number of amides is 1. The zero-order valence-electron chi connectivity index (χ0n) is 16.0. The van der Waals surface area contributed by atoms with Gasteiger partial charge in [0.1, 0.15) is 24.4 Å². The summed E-state index contributed by atoms with van der Waals surface area (Å²) in [4.78, 5) is 21.6. The van der Waals surface area contributed by atoms with Crippen LogP contribution in [0.3, 0.4) is 0 Å². The summed E-state index contributed by atoms with van der Waals surface area (Å²) in [6.45, 7) is 0.196. The number of carbonyl (C=O) groups is 1. The maximum absolute atomic E-state index is 13.7. The van der Waals surface area contributed by atoms with Crippen molar-refractivity contribution in [2.45, 2.75) is 44.4 Å². The van der Waals surface area contributed by atoms with E-state index in [9.17, 15) is 14.3 Å². The number of aliphatic hydroxyl groups is 1. The third-order valence-electron chi connectivity index (χ3n) is 4.62. The molecule has 3 rings (SSSR count). The number of nitrogens with one attached hydrogen (secondary N) is 1. The summed E-state index contributed by atoms with van der Waals surface area (Å²) in [6.07, 6.45) is -1.89. The normalized spacial score (nSPS) is 21.6. The number of aromatic nitrogens is 4. The van der Waals surface area contributed by atoms with Crippen molar-refractivity contribution in [3.63, 3.8) is 0 Å². The van der Waals surface area contributed by atoms with Crippen LogP contribution in [0.1, 0.15) is 40.6 Å². The Bertz CT molecular complexity index is 825. The van der Waals surface area contributed by atoms with Gasteiger partial charge in [-0.2, -0.15) is 10.2 Å². The number of hydrogen-bond acceptors (Lipinski definition) is 7. The first-order chi connectivity index (χ1) is 13.4. The molecular weight excluding hydrogens is 630 g/mol. The summed E-state index contributed by atoms with van der Waals surface area (Å²) in [7, 11) is 2.44. The molecular formula is C16H23FN5O5PU. The van der Waals surface area contributed by atoms with Crippen molar-refractivity contribution < 1.29 is 59.6 Å². The number of halogens is 1. The van der Waals surface area contributed by atoms with Gasteiger partial charge in [0.2, 0.25) is 0 Å². The van der Waals surface area contributed by atoms with Crippen LogP contribution in [0.5, 0.6) is 0 Å². The van der Waals surface area contributed by atoms with E-state index in [1.807, 2.05) is 0 Å². The van der Waals surface area contributed by atoms with Crippen molar-refractivity contribution in [1.82, 2.24) is 19.6 Å². The number of ether oxygens (including phenoxy) is 1. The fraction of sp³-hybridized carbons (Fsp3) is 0.562. The Morgan fingerprint density at radius 2 is 2.17 bits per heavy atom. The molecule has 1 amide bonds. The molecule has 2 aromatic heterocycles. The van der Waals surface area contributed by atoms with Crippen LogP contribution in [0.4, 0.5) is 10.2 Å². The summed E-state index contributed by atoms with van der Waals surface area (Å²) in [6, 6.07) is 3.25. The Hall–Kier alpha value is -0.858. The number of methoxy groups -OCH3 is 1. The number of anilines is 1. The Morgan fingerprint density at radius 1 is 1.41 bits per heavy atom. The minimum absolute atomic E-state index is 0. The predicted octanol–water partition coefficient (Wildman–Crippen LogP) is 1.07. The van der Waals surface area contributed by atoms with Crippen LogP contribution < -0.4 is 5.32 Å². The van der Waals surface area contributed by atoms with Gasteiger partial charge in [0.25, 0.3) is 5.91 Å². The Balaban J connectivity index is 0.00000300. The van der Waals surface area contributed by atoms with E-state index in [0.717, 1.165) is 0 Å². The molecule has 1 fully saturated rings. The minimum Gasteiger partial charge on any atom is -0.390 e. The van der Waals surface area contributed by atoms with Gasteiger partial charge in [-0.25, -0.2) is 9.07 Å². The van der Waals surface area contributed by atoms with Gasteiger partial charge in [0.15, 0.2) is 9.03 Å². The van der Waals surface area contributed by atoms with Crippen molar-refractivity contribution in [2.24, 2.45) is 7.05 Å². The van der Waals surface area contributed by atoms with Gasteiger partial charge in [-0.05, 0) is 18.9 Å². The van der Waals surface area contributed by atoms with Crippen molar-refractivity contribution in [3.8, 4) is 0 Å². The summed E-state index contributed by atoms with van der Waals surface area (Å²) >= 11 is 0. The largest absolute Gasteiger partial charge is 0.390 e. The standard InChI is InChI=1S/C16H23FN5O5P.U/c1-21-13(5-10(19-21)7-26-2)16(24)18-15-6-12(20-22(15)8-27-28-25)9-3-11(17)14(23)4-9;/h5-6,9,11,14,23,25,28H,3-4,7-8H2,1-2H3,(H,18,24);. The summed E-state index contributed by atoms with van der Waals surface area (Å²) in [5.41, 5.74) is 1.49. The number of alkyl halides is 1. The van der Waals surface area contributed by atoms with Crippen molar-refractivity contribution in [3.05, 3.63) is 29.2 Å². The molecule has 4 atom stereocenters. The van der Waals surface area contributed by atoms with Crippen LogP contribution in [0.15, 0.2) is 12.1 Å². The first-order valence-electron chi connectivity index (χ1n) is 8.66. The van der Waals surface area contributed by atoms with E-state index in [-0.39, 0.29) is 63.2 Å². The maximum Gasteiger partial charge on any atom is 0.275 e. The van der Waals surface area contributed by atoms with E-state index in [0.29, 0.717) is 22.9 Å². The van der Waals surface area contributed by atoms with Gasteiger partial charge in [-0.1, -0.05) is 0 Å². The molecule has 1 aliphatic rings. The molecule has 0 saturated heterocycles. The summed E-state index contributed by atoms with van der Waals surface area (Å²) in [5, 5.41) is 21.0. The van der Waals surface area contributed by atoms with Crippen LogP contribution in [-0.2, 0) is 29.6 Å². The van der Waals surface area contributed by atoms with Gasteiger partial charge < -0.3 is 24.6 Å². The first-order valence-corrected chi connectivity index (χ1v) is 9.52. The van der Waals surface area contributed by atoms with E-state index in [1.165, 1.54) is 16.5 Å². The fourth-order valence-corrected chi connectivity index (χ4v) is 3.45. The van der Waals surface area contributed by atoms with Crippen LogP contribution >= 0.6 is 9.03 Å². The Morgan fingerprint density at radius 3 is 2.79 bits per heavy atom. The average Bonchev–Trinajstić information content (AvgIpc) is 3.32. The zero-order valence-corrected chi connectivity index (χ0v) is 21.2. The second-order valence-corrected chi connectivity index (χ2v) is 7.07. The molecule has 13 heteroatoms. The monoisotopic (exact) mass is 653 g/mol. The third-order valence-corrected chi connectivity index (χ3v) is 4.88. The maximum atomic E-state index is 13.7. The number of carbonyl (C=O) groups excluding carboxylic acids is 1. The number of hydrogen-bond donors (Lipinski definition) is 3. The summed E-state index contributed by atoms with van der Waals surface area (Å²) in [5.74, 6) is -0.334. The quantitative estimate of drug-likeness (QED) is 0.365. The minimum atomic E-state index is -1.29. The molecule has 158 valence electrons. The number of aryl methyl sites for hydroxylation is 1. The van der Waals surface area contributed by atoms with Gasteiger partial charge >= 0.3 is 0 Å². The molecule has 1 aliphatic carbocycles. The summed E-state index contributed by atoms with van der Waals surface area (Å²) < 4.78 is 26.5. The van der Waals surface area contributed by atoms with Crippen molar-refractivity contribution in [1.29, 1.82) is 0 Å². The predicted molar refractivity (Wildman–Crippen MR) is 98.6 cm³/mol. The van der Waals surface area contributed by atoms with Crippen LogP contribution in [0.25, 0.3) is 0 Å². The number of nitrogens with zero attached hydrogens (tertiary/aromatic N) is 4. The SMILES string of the molecule is COCc1cc(C(=O)Nc2cc(C3CC(O)C(F)C3)nn2COPO)n(C)n1.[U]. The second kappa shape index (κ2) is 11.0. The second-order valence-electron chi connectivity index (χ2n) is 6.60. The molecule has 2 heterocycles. The molecule has 0 bridgehead atoms. The molecule has 29 heavy (non-hydrogen) atoms. The molecule has 2 aromatic rings. The number of aliphatic hydroxyl groups excluding tert-OH is 1. The topological polar surface area (TPSA) is 124 Å². The Labute approximate surface area is 192 Å². The fourth-order valence-electron chi connectivity index (χ4n) is 3.27. The molecule has 0 radical (unpaired) electrons. The van der Waals surface area contributed by atoms with E-state index >= 15 is 0 Å². The van der Waals surface area contributed by atoms with Crippen LogP contribution in [0, 0.1) is 31.1 Å². The molecule has 0 spiro atoms. The van der Waals surface area contributed by atoms with Crippen molar-refractivity contribution >= 4 is 20.8 Å². The van der Waals surface area contributed by atoms with E-state index in [4.69, 9.17) is 14.2 Å². The van der Waals surface area contributed by atoms with Gasteiger partial charge in [-0.15, -0.1) is 0 Å². The van der Waals surface area contributed by atoms with Crippen molar-refractivity contribution in [2.75, 3.05) is 12.4 Å². The number of rotatable bonds is 8. The first kappa shape index (κ1) is 24.4.